The van der Waals surface area contributed by atoms with Gasteiger partial charge in [0.2, 0.25) is 0 Å². The van der Waals surface area contributed by atoms with Gasteiger partial charge in [-0.05, 0) is 24.6 Å². The van der Waals surface area contributed by atoms with Gasteiger partial charge in [0, 0.05) is 23.3 Å². The number of nitrogens with two attached hydrogens (primary N) is 1. The second-order valence-electron chi connectivity index (χ2n) is 5.03. The molecule has 2 rings (SSSR count). The first-order valence-corrected chi connectivity index (χ1v) is 8.86. The van der Waals surface area contributed by atoms with Crippen LogP contribution in [0.2, 0.25) is 0 Å². The van der Waals surface area contributed by atoms with Crippen LogP contribution in [-0.4, -0.2) is 38.7 Å². The Balaban J connectivity index is 2.30. The second-order valence-corrected chi connectivity index (χ2v) is 8.11. The smallest absolute Gasteiger partial charge is 0.152 e. The number of halogens is 1. The lowest BCUT2D eigenvalue weighted by molar-refractivity contribution is 0.125. The van der Waals surface area contributed by atoms with Crippen molar-refractivity contribution in [2.75, 3.05) is 19.5 Å². The maximum Gasteiger partial charge on any atom is 0.152 e. The third-order valence-corrected chi connectivity index (χ3v) is 5.71. The summed E-state index contributed by atoms with van der Waals surface area (Å²) in [5.74, 6) is -0.192. The third kappa shape index (κ3) is 2.86. The summed E-state index contributed by atoms with van der Waals surface area (Å²) in [6.07, 6.45) is 1.24. The van der Waals surface area contributed by atoms with Crippen molar-refractivity contribution in [3.63, 3.8) is 0 Å². The fourth-order valence-electron chi connectivity index (χ4n) is 2.67. The highest BCUT2D eigenvalue weighted by molar-refractivity contribution is 9.10. The van der Waals surface area contributed by atoms with Crippen LogP contribution in [0.25, 0.3) is 0 Å². The molecule has 0 saturated heterocycles. The molecular weight excluding hydrogens is 330 g/mol. The Morgan fingerprint density at radius 1 is 1.37 bits per heavy atom. The third-order valence-electron chi connectivity index (χ3n) is 3.55. The van der Waals surface area contributed by atoms with Crippen molar-refractivity contribution in [1.29, 1.82) is 0 Å². The maximum absolute atomic E-state index is 11.9. The number of hydrogen-bond donors (Lipinski definition) is 1. The summed E-state index contributed by atoms with van der Waals surface area (Å²) in [4.78, 5) is 0. The van der Waals surface area contributed by atoms with Gasteiger partial charge >= 0.3 is 0 Å². The van der Waals surface area contributed by atoms with Gasteiger partial charge in [0.25, 0.3) is 0 Å². The fourth-order valence-corrected chi connectivity index (χ4v) is 4.78. The van der Waals surface area contributed by atoms with Crippen LogP contribution in [0.1, 0.15) is 18.4 Å². The normalized spacial score (nSPS) is 30.3. The largest absolute Gasteiger partial charge is 0.380 e. The molecule has 19 heavy (non-hydrogen) atoms. The van der Waals surface area contributed by atoms with E-state index in [4.69, 9.17) is 10.5 Å². The first kappa shape index (κ1) is 15.0. The zero-order chi connectivity index (χ0) is 14.3. The van der Waals surface area contributed by atoms with Gasteiger partial charge in [0.05, 0.1) is 17.4 Å². The Kier molecular flexibility index (Phi) is 4.07. The predicted molar refractivity (Wildman–Crippen MR) is 78.9 cm³/mol. The molecule has 1 aliphatic carbocycles. The van der Waals surface area contributed by atoms with Crippen molar-refractivity contribution in [2.45, 2.75) is 23.6 Å². The summed E-state index contributed by atoms with van der Waals surface area (Å²) in [7, 11) is -3.19. The van der Waals surface area contributed by atoms with E-state index < -0.39 is 20.6 Å². The quantitative estimate of drug-likeness (QED) is 0.879. The van der Waals surface area contributed by atoms with E-state index in [-0.39, 0.29) is 12.5 Å². The molecule has 0 radical (unpaired) electrons. The molecule has 4 nitrogen and oxygen atoms in total. The minimum Gasteiger partial charge on any atom is -0.380 e. The fraction of sp³-hybridized carbons (Fsp3) is 0.538. The van der Waals surface area contributed by atoms with E-state index in [1.807, 2.05) is 31.2 Å². The lowest BCUT2D eigenvalue weighted by atomic mass is 10.1. The molecule has 3 atom stereocenters. The Morgan fingerprint density at radius 2 is 1.95 bits per heavy atom. The molecule has 106 valence electrons. The first-order valence-electron chi connectivity index (χ1n) is 6.11. The molecule has 0 aliphatic heterocycles. The predicted octanol–water partition coefficient (Wildman–Crippen LogP) is 1.69. The van der Waals surface area contributed by atoms with Crippen LogP contribution < -0.4 is 5.73 Å². The van der Waals surface area contributed by atoms with E-state index in [1.165, 1.54) is 6.26 Å². The van der Waals surface area contributed by atoms with Gasteiger partial charge in [0.1, 0.15) is 0 Å². The molecule has 0 bridgehead atoms. The van der Waals surface area contributed by atoms with Crippen LogP contribution in [0.3, 0.4) is 0 Å². The lowest BCUT2D eigenvalue weighted by Gasteiger charge is -2.11. The molecule has 0 unspecified atom stereocenters. The van der Waals surface area contributed by atoms with Gasteiger partial charge in [-0.2, -0.15) is 0 Å². The van der Waals surface area contributed by atoms with Gasteiger partial charge in [-0.25, -0.2) is 8.42 Å². The molecule has 6 heteroatoms. The van der Waals surface area contributed by atoms with Gasteiger partial charge in [-0.3, -0.25) is 0 Å². The van der Waals surface area contributed by atoms with Gasteiger partial charge < -0.3 is 10.5 Å². The van der Waals surface area contributed by atoms with E-state index in [1.54, 1.807) is 0 Å². The number of benzene rings is 1. The van der Waals surface area contributed by atoms with Gasteiger partial charge in [-0.15, -0.1) is 0 Å². The van der Waals surface area contributed by atoms with E-state index in [9.17, 15) is 8.42 Å². The summed E-state index contributed by atoms with van der Waals surface area (Å²) in [6, 6.07) is 7.61. The van der Waals surface area contributed by atoms with Crippen LogP contribution in [0.15, 0.2) is 28.7 Å². The molecular formula is C13H18BrNO3S. The van der Waals surface area contributed by atoms with Crippen LogP contribution in [0.5, 0.6) is 0 Å². The molecule has 0 spiro atoms. The number of rotatable bonds is 5. The van der Waals surface area contributed by atoms with Crippen LogP contribution in [0.4, 0.5) is 0 Å². The zero-order valence-corrected chi connectivity index (χ0v) is 13.4. The highest BCUT2D eigenvalue weighted by Gasteiger charge is 2.67. The minimum absolute atomic E-state index is 0.192. The number of hydrogen-bond acceptors (Lipinski definition) is 4. The highest BCUT2D eigenvalue weighted by Crippen LogP contribution is 2.54. The average molecular weight is 348 g/mol. The molecule has 1 fully saturated rings. The van der Waals surface area contributed by atoms with Crippen molar-refractivity contribution in [3.05, 3.63) is 34.3 Å². The average Bonchev–Trinajstić information content (AvgIpc) is 2.95. The molecule has 1 aliphatic rings. The van der Waals surface area contributed by atoms with Crippen LogP contribution in [-0.2, 0) is 14.6 Å². The summed E-state index contributed by atoms with van der Waals surface area (Å²) in [5, 5.41) is -0.562. The lowest BCUT2D eigenvalue weighted by Crippen LogP contribution is -2.36. The Morgan fingerprint density at radius 3 is 2.42 bits per heavy atom. The first-order chi connectivity index (χ1) is 8.80. The summed E-state index contributed by atoms with van der Waals surface area (Å²) in [5.41, 5.74) is 6.40. The Bertz CT molecular complexity index is 558. The topological polar surface area (TPSA) is 69.4 Å². The second kappa shape index (κ2) is 5.16. The number of sulfone groups is 1. The minimum atomic E-state index is -3.19. The monoisotopic (exact) mass is 347 g/mol. The molecule has 2 N–H and O–H groups in total. The molecule has 0 amide bonds. The molecule has 1 saturated carbocycles. The molecule has 0 aromatic heterocycles. The SMILES string of the molecule is CCOC[C@@]1(N)[C@@H](c2ccc(Br)cc2)[C@@H]1S(C)(=O)=O. The van der Waals surface area contributed by atoms with Crippen molar-refractivity contribution >= 4 is 25.8 Å². The van der Waals surface area contributed by atoms with Gasteiger partial charge in [-0.1, -0.05) is 28.1 Å². The summed E-state index contributed by atoms with van der Waals surface area (Å²) in [6.45, 7) is 2.67. The Hall–Kier alpha value is -0.430. The Labute approximate surface area is 122 Å². The zero-order valence-electron chi connectivity index (χ0n) is 11.0. The highest BCUT2D eigenvalue weighted by atomic mass is 79.9. The van der Waals surface area contributed by atoms with E-state index in [2.05, 4.69) is 15.9 Å². The molecule has 1 aromatic rings. The van der Waals surface area contributed by atoms with Crippen molar-refractivity contribution < 1.29 is 13.2 Å². The molecule has 0 heterocycles. The number of ether oxygens (including phenoxy) is 1. The van der Waals surface area contributed by atoms with Crippen LogP contribution in [0, 0.1) is 0 Å². The van der Waals surface area contributed by atoms with Crippen LogP contribution >= 0.6 is 15.9 Å². The van der Waals surface area contributed by atoms with Gasteiger partial charge in [0.15, 0.2) is 9.84 Å². The van der Waals surface area contributed by atoms with Crippen molar-refractivity contribution in [1.82, 2.24) is 0 Å². The standard InChI is InChI=1S/C13H18BrNO3S/c1-3-18-8-13(15)11(12(13)19(2,16)17)9-4-6-10(14)7-5-9/h4-7,11-12H,3,8,15H2,1-2H3/t11-,12-,13+/m0/s1. The summed E-state index contributed by atoms with van der Waals surface area (Å²) >= 11 is 3.37. The molecule has 1 aromatic carbocycles. The van der Waals surface area contributed by atoms with Crippen molar-refractivity contribution in [3.8, 4) is 0 Å². The van der Waals surface area contributed by atoms with E-state index >= 15 is 0 Å². The maximum atomic E-state index is 11.9. The van der Waals surface area contributed by atoms with E-state index in [0.717, 1.165) is 10.0 Å². The van der Waals surface area contributed by atoms with Crippen molar-refractivity contribution in [2.24, 2.45) is 5.73 Å². The summed E-state index contributed by atoms with van der Waals surface area (Å²) < 4.78 is 30.1. The van der Waals surface area contributed by atoms with E-state index in [0.29, 0.717) is 6.61 Å².